The first kappa shape index (κ1) is 17.2. The van der Waals surface area contributed by atoms with Gasteiger partial charge in [-0.05, 0) is 30.7 Å². The van der Waals surface area contributed by atoms with Gasteiger partial charge in [0.05, 0.1) is 6.54 Å². The maximum Gasteiger partial charge on any atom is 0.246 e. The molecule has 124 valence electrons. The van der Waals surface area contributed by atoms with Crippen molar-refractivity contribution in [2.45, 2.75) is 13.0 Å². The summed E-state index contributed by atoms with van der Waals surface area (Å²) in [6, 6.07) is 7.27. The summed E-state index contributed by atoms with van der Waals surface area (Å²) in [6.45, 7) is 1.87. The zero-order valence-corrected chi connectivity index (χ0v) is 13.9. The molecule has 23 heavy (non-hydrogen) atoms. The number of ether oxygens (including phenoxy) is 1. The first-order chi connectivity index (χ1) is 11.2. The van der Waals surface area contributed by atoms with Crippen LogP contribution in [0.15, 0.2) is 33.8 Å². The highest BCUT2D eigenvalue weighted by Gasteiger charge is 2.09. The highest BCUT2D eigenvalue weighted by molar-refractivity contribution is 6.30. The minimum Gasteiger partial charge on any atom is -0.385 e. The van der Waals surface area contributed by atoms with E-state index >= 15 is 0 Å². The van der Waals surface area contributed by atoms with E-state index in [-0.39, 0.29) is 0 Å². The Morgan fingerprint density at radius 2 is 2.09 bits per heavy atom. The predicted molar refractivity (Wildman–Crippen MR) is 89.4 cm³/mol. The van der Waals surface area contributed by atoms with Crippen LogP contribution < -0.4 is 10.6 Å². The van der Waals surface area contributed by atoms with Crippen molar-refractivity contribution in [1.82, 2.24) is 20.8 Å². The normalized spacial score (nSPS) is 11.5. The lowest BCUT2D eigenvalue weighted by atomic mass is 10.2. The van der Waals surface area contributed by atoms with E-state index in [9.17, 15) is 0 Å². The molecule has 7 nitrogen and oxygen atoms in total. The van der Waals surface area contributed by atoms with Crippen LogP contribution in [-0.2, 0) is 11.3 Å². The first-order valence-corrected chi connectivity index (χ1v) is 7.62. The van der Waals surface area contributed by atoms with Crippen molar-refractivity contribution in [3.05, 3.63) is 35.2 Å². The van der Waals surface area contributed by atoms with E-state index < -0.39 is 0 Å². The first-order valence-electron chi connectivity index (χ1n) is 7.25. The number of hydrogen-bond donors (Lipinski definition) is 2. The molecule has 1 aromatic carbocycles. The summed E-state index contributed by atoms with van der Waals surface area (Å²) in [5.41, 5.74) is 0.853. The molecule has 2 aromatic rings. The average Bonchev–Trinajstić information content (AvgIpc) is 3.04. The molecular formula is C15H20ClN5O2. The van der Waals surface area contributed by atoms with Crippen LogP contribution >= 0.6 is 11.6 Å². The topological polar surface area (TPSA) is 84.6 Å². The molecule has 0 saturated carbocycles. The van der Waals surface area contributed by atoms with Gasteiger partial charge < -0.3 is 19.9 Å². The Morgan fingerprint density at radius 3 is 2.78 bits per heavy atom. The number of halogens is 1. The molecule has 0 amide bonds. The summed E-state index contributed by atoms with van der Waals surface area (Å²) >= 11 is 5.86. The van der Waals surface area contributed by atoms with E-state index in [0.717, 1.165) is 18.5 Å². The van der Waals surface area contributed by atoms with Crippen LogP contribution in [0.2, 0.25) is 5.02 Å². The van der Waals surface area contributed by atoms with Crippen molar-refractivity contribution < 1.29 is 9.26 Å². The Labute approximate surface area is 140 Å². The second kappa shape index (κ2) is 9.12. The van der Waals surface area contributed by atoms with Crippen LogP contribution in [0.3, 0.4) is 0 Å². The third-order valence-electron chi connectivity index (χ3n) is 3.02. The maximum absolute atomic E-state index is 5.86. The zero-order chi connectivity index (χ0) is 16.5. The highest BCUT2D eigenvalue weighted by Crippen LogP contribution is 2.18. The average molecular weight is 338 g/mol. The van der Waals surface area contributed by atoms with Gasteiger partial charge in [0.2, 0.25) is 11.7 Å². The molecule has 2 N–H and O–H groups in total. The molecule has 0 aliphatic carbocycles. The summed E-state index contributed by atoms with van der Waals surface area (Å²) < 4.78 is 10.2. The molecule has 8 heteroatoms. The summed E-state index contributed by atoms with van der Waals surface area (Å²) in [5.74, 6) is 1.68. The Morgan fingerprint density at radius 1 is 1.30 bits per heavy atom. The number of aromatic nitrogens is 2. The van der Waals surface area contributed by atoms with Crippen LogP contribution in [0.5, 0.6) is 0 Å². The van der Waals surface area contributed by atoms with Crippen LogP contribution in [-0.4, -0.2) is 43.4 Å². The van der Waals surface area contributed by atoms with Gasteiger partial charge in [0, 0.05) is 37.9 Å². The lowest BCUT2D eigenvalue weighted by Crippen LogP contribution is -2.37. The molecule has 1 heterocycles. The number of methoxy groups -OCH3 is 1. The third-order valence-corrected chi connectivity index (χ3v) is 3.27. The smallest absolute Gasteiger partial charge is 0.246 e. The number of aliphatic imine (C=N–C) groups is 1. The Kier molecular flexibility index (Phi) is 6.83. The van der Waals surface area contributed by atoms with Gasteiger partial charge in [0.25, 0.3) is 0 Å². The van der Waals surface area contributed by atoms with Crippen molar-refractivity contribution in [3.8, 4) is 11.4 Å². The monoisotopic (exact) mass is 337 g/mol. The van der Waals surface area contributed by atoms with Gasteiger partial charge in [-0.2, -0.15) is 4.98 Å². The molecule has 1 aromatic heterocycles. The quantitative estimate of drug-likeness (QED) is 0.457. The van der Waals surface area contributed by atoms with Crippen molar-refractivity contribution in [3.63, 3.8) is 0 Å². The summed E-state index contributed by atoms with van der Waals surface area (Å²) in [6.07, 6.45) is 0.901. The lowest BCUT2D eigenvalue weighted by Gasteiger charge is -2.09. The van der Waals surface area contributed by atoms with Gasteiger partial charge in [-0.25, -0.2) is 0 Å². The Balaban J connectivity index is 1.85. The number of guanidine groups is 1. The molecule has 0 radical (unpaired) electrons. The van der Waals surface area contributed by atoms with E-state index in [0.29, 0.717) is 35.8 Å². The molecule has 0 saturated heterocycles. The SMILES string of the molecule is CN=C(NCCCOC)NCc1nc(-c2ccc(Cl)cc2)no1. The number of benzene rings is 1. The van der Waals surface area contributed by atoms with E-state index in [1.54, 1.807) is 26.3 Å². The van der Waals surface area contributed by atoms with Gasteiger partial charge in [-0.1, -0.05) is 16.8 Å². The Bertz CT molecular complexity index is 627. The van der Waals surface area contributed by atoms with Crippen molar-refractivity contribution in [1.29, 1.82) is 0 Å². The van der Waals surface area contributed by atoms with E-state index in [2.05, 4.69) is 25.8 Å². The van der Waals surface area contributed by atoms with E-state index in [4.69, 9.17) is 20.9 Å². The number of rotatable bonds is 7. The van der Waals surface area contributed by atoms with Gasteiger partial charge >= 0.3 is 0 Å². The fourth-order valence-corrected chi connectivity index (χ4v) is 1.97. The van der Waals surface area contributed by atoms with Crippen LogP contribution in [0.1, 0.15) is 12.3 Å². The van der Waals surface area contributed by atoms with Crippen LogP contribution in [0, 0.1) is 0 Å². The third kappa shape index (κ3) is 5.54. The number of nitrogens with one attached hydrogen (secondary N) is 2. The fourth-order valence-electron chi connectivity index (χ4n) is 1.85. The molecule has 0 bridgehead atoms. The number of hydrogen-bond acceptors (Lipinski definition) is 5. The van der Waals surface area contributed by atoms with Crippen molar-refractivity contribution >= 4 is 17.6 Å². The molecular weight excluding hydrogens is 318 g/mol. The predicted octanol–water partition coefficient (Wildman–Crippen LogP) is 2.09. The molecule has 0 aliphatic rings. The minimum atomic E-state index is 0.393. The van der Waals surface area contributed by atoms with Gasteiger partial charge in [0.15, 0.2) is 5.96 Å². The molecule has 0 atom stereocenters. The second-order valence-corrected chi connectivity index (χ2v) is 5.15. The molecule has 0 unspecified atom stereocenters. The van der Waals surface area contributed by atoms with Crippen LogP contribution in [0.25, 0.3) is 11.4 Å². The summed E-state index contributed by atoms with van der Waals surface area (Å²) in [4.78, 5) is 8.46. The fraction of sp³-hybridized carbons (Fsp3) is 0.400. The minimum absolute atomic E-state index is 0.393. The second-order valence-electron chi connectivity index (χ2n) is 4.72. The maximum atomic E-state index is 5.86. The highest BCUT2D eigenvalue weighted by atomic mass is 35.5. The van der Waals surface area contributed by atoms with Gasteiger partial charge in [-0.15, -0.1) is 0 Å². The van der Waals surface area contributed by atoms with Crippen LogP contribution in [0.4, 0.5) is 0 Å². The molecule has 2 rings (SSSR count). The summed E-state index contributed by atoms with van der Waals surface area (Å²) in [7, 11) is 3.39. The van der Waals surface area contributed by atoms with E-state index in [1.807, 2.05) is 12.1 Å². The lowest BCUT2D eigenvalue weighted by molar-refractivity contribution is 0.195. The van der Waals surface area contributed by atoms with Crippen molar-refractivity contribution in [2.75, 3.05) is 27.3 Å². The van der Waals surface area contributed by atoms with Gasteiger partial charge in [-0.3, -0.25) is 4.99 Å². The zero-order valence-electron chi connectivity index (χ0n) is 13.2. The Hall–Kier alpha value is -2.12. The molecule has 0 aliphatic heterocycles. The largest absolute Gasteiger partial charge is 0.385 e. The van der Waals surface area contributed by atoms with Gasteiger partial charge in [0.1, 0.15) is 0 Å². The molecule has 0 spiro atoms. The summed E-state index contributed by atoms with van der Waals surface area (Å²) in [5, 5.41) is 10.9. The van der Waals surface area contributed by atoms with Crippen molar-refractivity contribution in [2.24, 2.45) is 4.99 Å². The molecule has 0 fully saturated rings. The number of nitrogens with zero attached hydrogens (tertiary/aromatic N) is 3. The standard InChI is InChI=1S/C15H20ClN5O2/c1-17-15(18-8-3-9-22-2)19-10-13-20-14(21-23-13)11-4-6-12(16)7-5-11/h4-7H,3,8-10H2,1-2H3,(H2,17,18,19). The van der Waals surface area contributed by atoms with E-state index in [1.165, 1.54) is 0 Å².